The minimum Gasteiger partial charge on any atom is -0.382 e. The van der Waals surface area contributed by atoms with Crippen molar-refractivity contribution in [3.05, 3.63) is 59.4 Å². The van der Waals surface area contributed by atoms with Crippen LogP contribution in [-0.4, -0.2) is 15.3 Å². The summed E-state index contributed by atoms with van der Waals surface area (Å²) in [7, 11) is 0. The summed E-state index contributed by atoms with van der Waals surface area (Å²) in [6.45, 7) is 1.97. The van der Waals surface area contributed by atoms with Gasteiger partial charge in [0.25, 0.3) is 0 Å². The molecule has 1 N–H and O–H groups in total. The lowest BCUT2D eigenvalue weighted by Crippen LogP contribution is -2.04. The molecule has 15 heavy (non-hydrogen) atoms. The number of hydrogen-bond acceptors (Lipinski definition) is 3. The van der Waals surface area contributed by atoms with E-state index < -0.39 is 6.10 Å². The maximum Gasteiger partial charge on any atom is 0.123 e. The summed E-state index contributed by atoms with van der Waals surface area (Å²) in [4.78, 5) is 0. The molecular formula is C12H12N2O. The molecule has 1 unspecified atom stereocenters. The molecule has 1 aromatic carbocycles. The lowest BCUT2D eigenvalue weighted by Gasteiger charge is -2.11. The fourth-order valence-corrected chi connectivity index (χ4v) is 1.51. The Morgan fingerprint density at radius 2 is 1.93 bits per heavy atom. The van der Waals surface area contributed by atoms with Crippen molar-refractivity contribution in [3.63, 3.8) is 0 Å². The van der Waals surface area contributed by atoms with E-state index in [1.54, 1.807) is 18.3 Å². The Balaban J connectivity index is 2.37. The number of nitrogens with zero attached hydrogens (tertiary/aromatic N) is 2. The second kappa shape index (κ2) is 4.19. The lowest BCUT2D eigenvalue weighted by molar-refractivity contribution is 0.213. The molecule has 0 aliphatic carbocycles. The van der Waals surface area contributed by atoms with Crippen LogP contribution in [0.4, 0.5) is 0 Å². The second-order valence-electron chi connectivity index (χ2n) is 3.41. The van der Waals surface area contributed by atoms with Crippen LogP contribution in [0.15, 0.2) is 42.6 Å². The SMILES string of the molecule is Cc1ccccc1C(O)c1cccnn1. The Labute approximate surface area is 88.4 Å². The van der Waals surface area contributed by atoms with Crippen LogP contribution in [0.2, 0.25) is 0 Å². The summed E-state index contributed by atoms with van der Waals surface area (Å²) in [6, 6.07) is 11.3. The molecule has 0 aliphatic rings. The van der Waals surface area contributed by atoms with Crippen molar-refractivity contribution in [2.24, 2.45) is 0 Å². The molecule has 3 heteroatoms. The van der Waals surface area contributed by atoms with Crippen LogP contribution >= 0.6 is 0 Å². The van der Waals surface area contributed by atoms with Crippen molar-refractivity contribution in [2.75, 3.05) is 0 Å². The quantitative estimate of drug-likeness (QED) is 0.804. The maximum absolute atomic E-state index is 10.1. The number of aromatic nitrogens is 2. The van der Waals surface area contributed by atoms with Crippen molar-refractivity contribution in [1.82, 2.24) is 10.2 Å². The summed E-state index contributed by atoms with van der Waals surface area (Å²) in [6.07, 6.45) is 0.897. The van der Waals surface area contributed by atoms with Gasteiger partial charge in [0.1, 0.15) is 6.10 Å². The Morgan fingerprint density at radius 3 is 2.60 bits per heavy atom. The van der Waals surface area contributed by atoms with E-state index in [1.807, 2.05) is 31.2 Å². The highest BCUT2D eigenvalue weighted by Crippen LogP contribution is 2.22. The van der Waals surface area contributed by atoms with Gasteiger partial charge in [-0.05, 0) is 30.2 Å². The predicted octanol–water partition coefficient (Wildman–Crippen LogP) is 1.87. The van der Waals surface area contributed by atoms with Crippen LogP contribution in [0.1, 0.15) is 22.9 Å². The fourth-order valence-electron chi connectivity index (χ4n) is 1.51. The summed E-state index contributed by atoms with van der Waals surface area (Å²) >= 11 is 0. The standard InChI is InChI=1S/C12H12N2O/c1-9-5-2-3-6-10(9)12(15)11-7-4-8-13-14-11/h2-8,12,15H,1H3. The average molecular weight is 200 g/mol. The zero-order valence-corrected chi connectivity index (χ0v) is 8.46. The third-order valence-corrected chi connectivity index (χ3v) is 2.36. The third-order valence-electron chi connectivity index (χ3n) is 2.36. The zero-order valence-electron chi connectivity index (χ0n) is 8.46. The van der Waals surface area contributed by atoms with Gasteiger partial charge >= 0.3 is 0 Å². The smallest absolute Gasteiger partial charge is 0.123 e. The molecule has 1 aromatic heterocycles. The van der Waals surface area contributed by atoms with Gasteiger partial charge in [0, 0.05) is 6.20 Å². The van der Waals surface area contributed by atoms with E-state index in [1.165, 1.54) is 0 Å². The largest absolute Gasteiger partial charge is 0.382 e. The van der Waals surface area contributed by atoms with Crippen LogP contribution in [0.5, 0.6) is 0 Å². The highest BCUT2D eigenvalue weighted by Gasteiger charge is 2.13. The number of aliphatic hydroxyl groups is 1. The van der Waals surface area contributed by atoms with Crippen LogP contribution in [0.3, 0.4) is 0 Å². The number of aryl methyl sites for hydroxylation is 1. The highest BCUT2D eigenvalue weighted by molar-refractivity contribution is 5.32. The van der Waals surface area contributed by atoms with Crippen LogP contribution < -0.4 is 0 Å². The molecule has 0 aliphatic heterocycles. The van der Waals surface area contributed by atoms with Gasteiger partial charge in [-0.2, -0.15) is 10.2 Å². The van der Waals surface area contributed by atoms with Gasteiger partial charge in [-0.1, -0.05) is 24.3 Å². The Morgan fingerprint density at radius 1 is 1.13 bits per heavy atom. The van der Waals surface area contributed by atoms with E-state index in [0.29, 0.717) is 5.69 Å². The van der Waals surface area contributed by atoms with E-state index >= 15 is 0 Å². The van der Waals surface area contributed by atoms with Crippen molar-refractivity contribution in [3.8, 4) is 0 Å². The van der Waals surface area contributed by atoms with E-state index in [9.17, 15) is 5.11 Å². The number of benzene rings is 1. The summed E-state index contributed by atoms with van der Waals surface area (Å²) < 4.78 is 0. The molecule has 0 amide bonds. The second-order valence-corrected chi connectivity index (χ2v) is 3.41. The van der Waals surface area contributed by atoms with E-state index in [4.69, 9.17) is 0 Å². The molecule has 2 aromatic rings. The predicted molar refractivity (Wildman–Crippen MR) is 57.3 cm³/mol. The monoisotopic (exact) mass is 200 g/mol. The minimum atomic E-state index is -0.695. The normalized spacial score (nSPS) is 12.4. The topological polar surface area (TPSA) is 46.0 Å². The molecular weight excluding hydrogens is 188 g/mol. The molecule has 1 heterocycles. The molecule has 0 saturated carbocycles. The molecule has 0 fully saturated rings. The van der Waals surface area contributed by atoms with E-state index in [-0.39, 0.29) is 0 Å². The first-order valence-electron chi connectivity index (χ1n) is 4.80. The van der Waals surface area contributed by atoms with Crippen molar-refractivity contribution >= 4 is 0 Å². The molecule has 3 nitrogen and oxygen atoms in total. The first-order valence-corrected chi connectivity index (χ1v) is 4.80. The molecule has 76 valence electrons. The molecule has 0 saturated heterocycles. The summed E-state index contributed by atoms with van der Waals surface area (Å²) in [5, 5.41) is 17.7. The lowest BCUT2D eigenvalue weighted by atomic mass is 10.0. The van der Waals surface area contributed by atoms with Gasteiger partial charge in [0.2, 0.25) is 0 Å². The number of aliphatic hydroxyl groups excluding tert-OH is 1. The minimum absolute atomic E-state index is 0.576. The maximum atomic E-state index is 10.1. The summed E-state index contributed by atoms with van der Waals surface area (Å²) in [5.41, 5.74) is 2.50. The van der Waals surface area contributed by atoms with E-state index in [0.717, 1.165) is 11.1 Å². The van der Waals surface area contributed by atoms with Gasteiger partial charge in [0.05, 0.1) is 5.69 Å². The summed E-state index contributed by atoms with van der Waals surface area (Å²) in [5.74, 6) is 0. The first-order chi connectivity index (χ1) is 7.29. The van der Waals surface area contributed by atoms with Crippen LogP contribution in [-0.2, 0) is 0 Å². The molecule has 0 radical (unpaired) electrons. The average Bonchev–Trinajstić information content (AvgIpc) is 2.30. The highest BCUT2D eigenvalue weighted by atomic mass is 16.3. The Hall–Kier alpha value is -1.74. The molecule has 1 atom stereocenters. The van der Waals surface area contributed by atoms with Gasteiger partial charge < -0.3 is 5.11 Å². The number of hydrogen-bond donors (Lipinski definition) is 1. The molecule has 2 rings (SSSR count). The fraction of sp³-hybridized carbons (Fsp3) is 0.167. The van der Waals surface area contributed by atoms with Gasteiger partial charge in [-0.25, -0.2) is 0 Å². The van der Waals surface area contributed by atoms with E-state index in [2.05, 4.69) is 10.2 Å². The van der Waals surface area contributed by atoms with Crippen molar-refractivity contribution < 1.29 is 5.11 Å². The van der Waals surface area contributed by atoms with Gasteiger partial charge in [0.15, 0.2) is 0 Å². The van der Waals surface area contributed by atoms with Crippen molar-refractivity contribution in [2.45, 2.75) is 13.0 Å². The number of rotatable bonds is 2. The Kier molecular flexibility index (Phi) is 2.74. The molecule has 0 bridgehead atoms. The van der Waals surface area contributed by atoms with Gasteiger partial charge in [-0.3, -0.25) is 0 Å². The van der Waals surface area contributed by atoms with Gasteiger partial charge in [-0.15, -0.1) is 0 Å². The Bertz CT molecular complexity index is 442. The zero-order chi connectivity index (χ0) is 10.7. The van der Waals surface area contributed by atoms with Crippen LogP contribution in [0, 0.1) is 6.92 Å². The molecule has 0 spiro atoms. The third kappa shape index (κ3) is 2.02. The first kappa shape index (κ1) is 9.80. The van der Waals surface area contributed by atoms with Crippen molar-refractivity contribution in [1.29, 1.82) is 0 Å². The van der Waals surface area contributed by atoms with Crippen LogP contribution in [0.25, 0.3) is 0 Å².